The minimum absolute atomic E-state index is 0.0502. The SMILES string of the molecule is CN=C(NCc1cccc(OCC(=O)NC2CC2)c1)NC1CCC(SC)C1. The van der Waals surface area contributed by atoms with Crippen molar-refractivity contribution in [2.24, 2.45) is 4.99 Å². The smallest absolute Gasteiger partial charge is 0.258 e. The van der Waals surface area contributed by atoms with Crippen molar-refractivity contribution in [3.63, 3.8) is 0 Å². The largest absolute Gasteiger partial charge is 0.484 e. The van der Waals surface area contributed by atoms with E-state index in [4.69, 9.17) is 4.74 Å². The minimum atomic E-state index is -0.0502. The molecular weight excluding hydrogens is 360 g/mol. The first-order valence-corrected chi connectivity index (χ1v) is 11.0. The van der Waals surface area contributed by atoms with Gasteiger partial charge in [0.25, 0.3) is 5.91 Å². The number of hydrogen-bond acceptors (Lipinski definition) is 4. The number of aliphatic imine (C=N–C) groups is 1. The van der Waals surface area contributed by atoms with E-state index in [9.17, 15) is 4.79 Å². The maximum absolute atomic E-state index is 11.7. The van der Waals surface area contributed by atoms with E-state index in [1.54, 1.807) is 7.05 Å². The lowest BCUT2D eigenvalue weighted by Crippen LogP contribution is -2.42. The molecule has 0 spiro atoms. The number of hydrogen-bond donors (Lipinski definition) is 3. The van der Waals surface area contributed by atoms with E-state index >= 15 is 0 Å². The van der Waals surface area contributed by atoms with Gasteiger partial charge in [0, 0.05) is 30.9 Å². The third-order valence-electron chi connectivity index (χ3n) is 4.95. The number of ether oxygens (including phenoxy) is 1. The molecule has 2 unspecified atom stereocenters. The van der Waals surface area contributed by atoms with Crippen LogP contribution in [-0.4, -0.2) is 49.1 Å². The molecule has 2 aliphatic rings. The highest BCUT2D eigenvalue weighted by Crippen LogP contribution is 2.28. The maximum Gasteiger partial charge on any atom is 0.258 e. The van der Waals surface area contributed by atoms with Gasteiger partial charge in [-0.2, -0.15) is 11.8 Å². The van der Waals surface area contributed by atoms with Gasteiger partial charge in [-0.25, -0.2) is 0 Å². The van der Waals surface area contributed by atoms with Crippen LogP contribution in [0.5, 0.6) is 5.75 Å². The van der Waals surface area contributed by atoms with Crippen molar-refractivity contribution in [1.82, 2.24) is 16.0 Å². The summed E-state index contributed by atoms with van der Waals surface area (Å²) in [4.78, 5) is 16.1. The number of thioether (sulfide) groups is 1. The molecule has 0 heterocycles. The fourth-order valence-electron chi connectivity index (χ4n) is 3.25. The van der Waals surface area contributed by atoms with Crippen molar-refractivity contribution in [3.8, 4) is 5.75 Å². The standard InChI is InChI=1S/C20H30N4O2S/c1-21-20(24-16-8-9-18(11-16)27-2)22-12-14-4-3-5-17(10-14)26-13-19(25)23-15-6-7-15/h3-5,10,15-16,18H,6-9,11-13H2,1-2H3,(H,23,25)(H2,21,22,24). The lowest BCUT2D eigenvalue weighted by molar-refractivity contribution is -0.123. The molecule has 0 radical (unpaired) electrons. The highest BCUT2D eigenvalue weighted by Gasteiger charge is 2.24. The molecule has 2 aliphatic carbocycles. The zero-order valence-electron chi connectivity index (χ0n) is 16.2. The summed E-state index contributed by atoms with van der Waals surface area (Å²) < 4.78 is 5.61. The predicted molar refractivity (Wildman–Crippen MR) is 111 cm³/mol. The van der Waals surface area contributed by atoms with Crippen LogP contribution in [0, 0.1) is 0 Å². The zero-order chi connectivity index (χ0) is 19.1. The summed E-state index contributed by atoms with van der Waals surface area (Å²) in [6, 6.07) is 8.68. The Hall–Kier alpha value is -1.89. The van der Waals surface area contributed by atoms with Crippen molar-refractivity contribution >= 4 is 23.6 Å². The first-order chi connectivity index (χ1) is 13.2. The summed E-state index contributed by atoms with van der Waals surface area (Å²) in [7, 11) is 1.80. The van der Waals surface area contributed by atoms with Crippen LogP contribution in [0.4, 0.5) is 0 Å². The van der Waals surface area contributed by atoms with E-state index in [2.05, 4.69) is 27.2 Å². The van der Waals surface area contributed by atoms with Crippen molar-refractivity contribution in [1.29, 1.82) is 0 Å². The summed E-state index contributed by atoms with van der Waals surface area (Å²) in [6.45, 7) is 0.721. The number of nitrogens with zero attached hydrogens (tertiary/aromatic N) is 1. The Kier molecular flexibility index (Phi) is 7.26. The van der Waals surface area contributed by atoms with Gasteiger partial charge in [-0.05, 0) is 56.1 Å². The van der Waals surface area contributed by atoms with Gasteiger partial charge in [-0.15, -0.1) is 0 Å². The van der Waals surface area contributed by atoms with Gasteiger partial charge < -0.3 is 20.7 Å². The Bertz CT molecular complexity index is 663. The number of benzene rings is 1. The molecule has 6 nitrogen and oxygen atoms in total. The Labute approximate surface area is 165 Å². The van der Waals surface area contributed by atoms with Crippen LogP contribution >= 0.6 is 11.8 Å². The molecule has 1 amide bonds. The number of carbonyl (C=O) groups excluding carboxylic acids is 1. The zero-order valence-corrected chi connectivity index (χ0v) is 17.0. The normalized spacial score (nSPS) is 22.4. The average Bonchev–Trinajstić information content (AvgIpc) is 3.38. The second-order valence-corrected chi connectivity index (χ2v) is 8.35. The third-order valence-corrected chi connectivity index (χ3v) is 6.05. The van der Waals surface area contributed by atoms with Gasteiger partial charge in [0.1, 0.15) is 5.75 Å². The van der Waals surface area contributed by atoms with Crippen LogP contribution in [0.25, 0.3) is 0 Å². The Morgan fingerprint density at radius 2 is 2.04 bits per heavy atom. The summed E-state index contributed by atoms with van der Waals surface area (Å²) in [5.41, 5.74) is 1.09. The van der Waals surface area contributed by atoms with E-state index in [1.165, 1.54) is 19.3 Å². The number of carbonyl (C=O) groups is 1. The first-order valence-electron chi connectivity index (χ1n) is 9.67. The van der Waals surface area contributed by atoms with Gasteiger partial charge in [0.2, 0.25) is 0 Å². The molecule has 1 aromatic rings. The molecule has 0 bridgehead atoms. The average molecular weight is 391 g/mol. The number of amides is 1. The van der Waals surface area contributed by atoms with E-state index in [0.29, 0.717) is 24.4 Å². The van der Waals surface area contributed by atoms with Crippen LogP contribution in [0.1, 0.15) is 37.7 Å². The molecule has 0 aliphatic heterocycles. The highest BCUT2D eigenvalue weighted by atomic mass is 32.2. The molecule has 2 saturated carbocycles. The van der Waals surface area contributed by atoms with Crippen molar-refractivity contribution < 1.29 is 9.53 Å². The van der Waals surface area contributed by atoms with Crippen LogP contribution in [-0.2, 0) is 11.3 Å². The fraction of sp³-hybridized carbons (Fsp3) is 0.600. The monoisotopic (exact) mass is 390 g/mol. The van der Waals surface area contributed by atoms with Gasteiger partial charge in [0.15, 0.2) is 12.6 Å². The molecule has 7 heteroatoms. The predicted octanol–water partition coefficient (Wildman–Crippen LogP) is 2.29. The van der Waals surface area contributed by atoms with Gasteiger partial charge in [-0.1, -0.05) is 12.1 Å². The molecule has 1 aromatic carbocycles. The van der Waals surface area contributed by atoms with E-state index in [0.717, 1.165) is 29.6 Å². The second-order valence-electron chi connectivity index (χ2n) is 7.22. The lowest BCUT2D eigenvalue weighted by Gasteiger charge is -2.17. The fourth-order valence-corrected chi connectivity index (χ4v) is 4.05. The minimum Gasteiger partial charge on any atom is -0.484 e. The quantitative estimate of drug-likeness (QED) is 0.469. The summed E-state index contributed by atoms with van der Waals surface area (Å²) in [5, 5.41) is 10.6. The van der Waals surface area contributed by atoms with Gasteiger partial charge >= 0.3 is 0 Å². The van der Waals surface area contributed by atoms with Crippen molar-refractivity contribution in [3.05, 3.63) is 29.8 Å². The van der Waals surface area contributed by atoms with Crippen LogP contribution in [0.3, 0.4) is 0 Å². The second kappa shape index (κ2) is 9.88. The molecule has 2 atom stereocenters. The number of nitrogens with one attached hydrogen (secondary N) is 3. The number of guanidine groups is 1. The molecular formula is C20H30N4O2S. The lowest BCUT2D eigenvalue weighted by atomic mass is 10.2. The molecule has 3 N–H and O–H groups in total. The van der Waals surface area contributed by atoms with Crippen molar-refractivity contribution in [2.45, 2.75) is 56.0 Å². The Balaban J connectivity index is 1.43. The van der Waals surface area contributed by atoms with Gasteiger partial charge in [0.05, 0.1) is 0 Å². The van der Waals surface area contributed by atoms with E-state index < -0.39 is 0 Å². The van der Waals surface area contributed by atoms with Crippen LogP contribution < -0.4 is 20.7 Å². The first kappa shape index (κ1) is 19.9. The topological polar surface area (TPSA) is 74.8 Å². The molecule has 3 rings (SSSR count). The van der Waals surface area contributed by atoms with Crippen LogP contribution in [0.2, 0.25) is 0 Å². The Morgan fingerprint density at radius 1 is 1.22 bits per heavy atom. The van der Waals surface area contributed by atoms with Gasteiger partial charge in [-0.3, -0.25) is 9.79 Å². The number of rotatable bonds is 8. The summed E-state index contributed by atoms with van der Waals surface area (Å²) in [6.07, 6.45) is 8.00. The third kappa shape index (κ3) is 6.65. The molecule has 2 fully saturated rings. The van der Waals surface area contributed by atoms with E-state index in [-0.39, 0.29) is 12.5 Å². The van der Waals surface area contributed by atoms with Crippen LogP contribution in [0.15, 0.2) is 29.3 Å². The van der Waals surface area contributed by atoms with Crippen molar-refractivity contribution in [2.75, 3.05) is 19.9 Å². The highest BCUT2D eigenvalue weighted by molar-refractivity contribution is 7.99. The molecule has 0 saturated heterocycles. The molecule has 27 heavy (non-hydrogen) atoms. The molecule has 148 valence electrons. The van der Waals surface area contributed by atoms with E-state index in [1.807, 2.05) is 36.0 Å². The maximum atomic E-state index is 11.7. The summed E-state index contributed by atoms with van der Waals surface area (Å²) in [5.74, 6) is 1.49. The Morgan fingerprint density at radius 3 is 2.74 bits per heavy atom. The molecule has 0 aromatic heterocycles. The summed E-state index contributed by atoms with van der Waals surface area (Å²) >= 11 is 1.95.